The number of fused-ring (bicyclic) bond motifs is 2. The van der Waals surface area contributed by atoms with Gasteiger partial charge in [0.1, 0.15) is 16.5 Å². The predicted octanol–water partition coefficient (Wildman–Crippen LogP) is 4.12. The van der Waals surface area contributed by atoms with Crippen LogP contribution in [0.1, 0.15) is 23.6 Å². The Morgan fingerprint density at radius 1 is 1.21 bits per heavy atom. The normalized spacial score (nSPS) is 11.9. The molecule has 3 aromatic rings. The van der Waals surface area contributed by atoms with Crippen LogP contribution in [0, 0.1) is 6.92 Å². The van der Waals surface area contributed by atoms with Gasteiger partial charge in [-0.05, 0) is 49.2 Å². The summed E-state index contributed by atoms with van der Waals surface area (Å²) in [6.07, 6.45) is 0.650. The highest BCUT2D eigenvalue weighted by atomic mass is 32.2. The summed E-state index contributed by atoms with van der Waals surface area (Å²) in [6, 6.07) is 13.7. The highest BCUT2D eigenvalue weighted by Gasteiger charge is 2.25. The van der Waals surface area contributed by atoms with Gasteiger partial charge in [-0.15, -0.1) is 0 Å². The van der Waals surface area contributed by atoms with Crippen molar-refractivity contribution in [2.75, 3.05) is 12.4 Å². The van der Waals surface area contributed by atoms with E-state index in [9.17, 15) is 4.79 Å². The molecule has 7 heteroatoms. The van der Waals surface area contributed by atoms with Gasteiger partial charge < -0.3 is 15.2 Å². The Kier molecular flexibility index (Phi) is 5.40. The minimum absolute atomic E-state index is 0.146. The number of primary amides is 1. The summed E-state index contributed by atoms with van der Waals surface area (Å²) in [5.41, 5.74) is 9.22. The Morgan fingerprint density at radius 3 is 2.72 bits per heavy atom. The van der Waals surface area contributed by atoms with Crippen LogP contribution in [0.25, 0.3) is 11.4 Å². The second-order valence-corrected chi connectivity index (χ2v) is 7.65. The van der Waals surface area contributed by atoms with Crippen LogP contribution in [0.15, 0.2) is 47.5 Å². The molecular weight excluding hydrogens is 386 g/mol. The maximum absolute atomic E-state index is 11.4. The van der Waals surface area contributed by atoms with Gasteiger partial charge >= 0.3 is 0 Å². The molecule has 0 saturated carbocycles. The minimum Gasteiger partial charge on any atom is -0.494 e. The van der Waals surface area contributed by atoms with Crippen molar-refractivity contribution in [3.05, 3.63) is 59.2 Å². The van der Waals surface area contributed by atoms with Crippen molar-refractivity contribution in [2.24, 2.45) is 5.73 Å². The van der Waals surface area contributed by atoms with E-state index < -0.39 is 5.91 Å². The van der Waals surface area contributed by atoms with Crippen molar-refractivity contribution in [3.63, 3.8) is 0 Å². The van der Waals surface area contributed by atoms with Crippen molar-refractivity contribution in [2.45, 2.75) is 25.3 Å². The summed E-state index contributed by atoms with van der Waals surface area (Å²) in [7, 11) is 0. The van der Waals surface area contributed by atoms with E-state index in [1.807, 2.05) is 56.3 Å². The van der Waals surface area contributed by atoms with Gasteiger partial charge in [0.05, 0.1) is 17.9 Å². The second kappa shape index (κ2) is 8.13. The van der Waals surface area contributed by atoms with Crippen LogP contribution in [0.5, 0.6) is 17.4 Å². The molecule has 1 amide bonds. The fourth-order valence-electron chi connectivity index (χ4n) is 3.22. The van der Waals surface area contributed by atoms with Crippen LogP contribution < -0.4 is 15.2 Å². The first-order valence-corrected chi connectivity index (χ1v) is 10.3. The zero-order valence-corrected chi connectivity index (χ0v) is 17.1. The Labute approximate surface area is 173 Å². The molecule has 0 unspecified atom stereocenters. The van der Waals surface area contributed by atoms with Gasteiger partial charge in [0.25, 0.3) is 0 Å². The van der Waals surface area contributed by atoms with Crippen molar-refractivity contribution >= 4 is 17.7 Å². The third kappa shape index (κ3) is 4.05. The van der Waals surface area contributed by atoms with Gasteiger partial charge in [0, 0.05) is 12.0 Å². The first-order valence-electron chi connectivity index (χ1n) is 9.36. The number of ether oxygens (including phenoxy) is 2. The molecule has 2 aromatic carbocycles. The number of para-hydroxylation sites is 1. The van der Waals surface area contributed by atoms with E-state index >= 15 is 0 Å². The molecular formula is C22H21N3O3S. The van der Waals surface area contributed by atoms with Crippen LogP contribution in [-0.4, -0.2) is 28.2 Å². The van der Waals surface area contributed by atoms with E-state index in [4.69, 9.17) is 20.2 Å². The Hall–Kier alpha value is -3.06. The predicted molar refractivity (Wildman–Crippen MR) is 113 cm³/mol. The fraction of sp³-hybridized carbons (Fsp3) is 0.227. The lowest BCUT2D eigenvalue weighted by atomic mass is 10.0. The summed E-state index contributed by atoms with van der Waals surface area (Å²) in [6.45, 7) is 4.57. The number of nitrogens with zero attached hydrogens (tertiary/aromatic N) is 2. The highest BCUT2D eigenvalue weighted by molar-refractivity contribution is 7.99. The largest absolute Gasteiger partial charge is 0.494 e. The maximum atomic E-state index is 11.4. The van der Waals surface area contributed by atoms with E-state index in [1.165, 1.54) is 11.8 Å². The molecule has 0 bridgehead atoms. The summed E-state index contributed by atoms with van der Waals surface area (Å²) in [4.78, 5) is 20.8. The molecule has 2 N–H and O–H groups in total. The summed E-state index contributed by atoms with van der Waals surface area (Å²) in [5, 5.41) is 0.713. The van der Waals surface area contributed by atoms with Gasteiger partial charge in [-0.3, -0.25) is 4.79 Å². The molecule has 0 fully saturated rings. The standard InChI is InChI=1S/C22H21N3O3S/c1-3-27-16-9-7-14(8-10-16)20-24-21-17(22(25-20)29-12-18(23)26)11-15-6-4-5-13(2)19(15)28-21/h4-10H,3,11-12H2,1-2H3,(H2,23,26). The lowest BCUT2D eigenvalue weighted by Crippen LogP contribution is -2.15. The van der Waals surface area contributed by atoms with Crippen molar-refractivity contribution in [1.29, 1.82) is 0 Å². The number of amides is 1. The number of hydrogen-bond donors (Lipinski definition) is 1. The monoisotopic (exact) mass is 407 g/mol. The molecule has 148 valence electrons. The quantitative estimate of drug-likeness (QED) is 0.382. The van der Waals surface area contributed by atoms with Crippen LogP contribution in [0.2, 0.25) is 0 Å². The Bertz CT molecular complexity index is 1070. The van der Waals surface area contributed by atoms with Gasteiger partial charge in [0.2, 0.25) is 11.8 Å². The van der Waals surface area contributed by atoms with Gasteiger partial charge in [-0.25, -0.2) is 4.98 Å². The molecule has 1 aromatic heterocycles. The molecule has 2 heterocycles. The molecule has 29 heavy (non-hydrogen) atoms. The summed E-state index contributed by atoms with van der Waals surface area (Å²) in [5.74, 6) is 2.44. The zero-order valence-electron chi connectivity index (χ0n) is 16.3. The van der Waals surface area contributed by atoms with E-state index in [0.717, 1.165) is 33.8 Å². The minimum atomic E-state index is -0.391. The second-order valence-electron chi connectivity index (χ2n) is 6.69. The van der Waals surface area contributed by atoms with Crippen molar-refractivity contribution in [1.82, 2.24) is 9.97 Å². The van der Waals surface area contributed by atoms with E-state index in [2.05, 4.69) is 4.98 Å². The number of carbonyl (C=O) groups excluding carboxylic acids is 1. The number of thioether (sulfide) groups is 1. The van der Waals surface area contributed by atoms with Crippen LogP contribution in [0.4, 0.5) is 0 Å². The van der Waals surface area contributed by atoms with E-state index in [-0.39, 0.29) is 5.75 Å². The van der Waals surface area contributed by atoms with Gasteiger partial charge in [-0.1, -0.05) is 30.0 Å². The highest BCUT2D eigenvalue weighted by Crippen LogP contribution is 2.41. The molecule has 0 radical (unpaired) electrons. The zero-order chi connectivity index (χ0) is 20.4. The third-order valence-corrected chi connectivity index (χ3v) is 5.61. The molecule has 4 rings (SSSR count). The smallest absolute Gasteiger partial charge is 0.227 e. The third-order valence-electron chi connectivity index (χ3n) is 4.57. The summed E-state index contributed by atoms with van der Waals surface area (Å²) < 4.78 is 11.7. The molecule has 1 aliphatic rings. The first kappa shape index (κ1) is 19.3. The Morgan fingerprint density at radius 2 is 2.00 bits per heavy atom. The Balaban J connectivity index is 1.76. The number of aromatic nitrogens is 2. The van der Waals surface area contributed by atoms with Crippen LogP contribution in [0.3, 0.4) is 0 Å². The molecule has 0 saturated heterocycles. The molecule has 6 nitrogen and oxygen atoms in total. The summed E-state index contributed by atoms with van der Waals surface area (Å²) >= 11 is 1.31. The van der Waals surface area contributed by atoms with Gasteiger partial charge in [0.15, 0.2) is 5.82 Å². The molecule has 1 aliphatic heterocycles. The maximum Gasteiger partial charge on any atom is 0.227 e. The van der Waals surface area contributed by atoms with E-state index in [0.29, 0.717) is 29.8 Å². The number of aryl methyl sites for hydroxylation is 1. The van der Waals surface area contributed by atoms with E-state index in [1.54, 1.807) is 0 Å². The molecule has 0 atom stereocenters. The van der Waals surface area contributed by atoms with Crippen molar-refractivity contribution < 1.29 is 14.3 Å². The SMILES string of the molecule is CCOc1ccc(-c2nc3c(c(SCC(N)=O)n2)Cc2cccc(C)c2O3)cc1. The number of carbonyl (C=O) groups is 1. The lowest BCUT2D eigenvalue weighted by molar-refractivity contribution is -0.115. The average Bonchev–Trinajstić information content (AvgIpc) is 2.72. The number of hydrogen-bond acceptors (Lipinski definition) is 6. The number of nitrogens with two attached hydrogens (primary N) is 1. The molecule has 0 spiro atoms. The number of benzene rings is 2. The van der Waals surface area contributed by atoms with Gasteiger partial charge in [-0.2, -0.15) is 4.98 Å². The first-order chi connectivity index (χ1) is 14.0. The molecule has 0 aliphatic carbocycles. The number of rotatable bonds is 6. The lowest BCUT2D eigenvalue weighted by Gasteiger charge is -2.23. The average molecular weight is 407 g/mol. The van der Waals surface area contributed by atoms with Crippen LogP contribution in [-0.2, 0) is 11.2 Å². The fourth-order valence-corrected chi connectivity index (χ4v) is 3.98. The van der Waals surface area contributed by atoms with Crippen molar-refractivity contribution in [3.8, 4) is 28.8 Å². The van der Waals surface area contributed by atoms with Crippen LogP contribution >= 0.6 is 11.8 Å². The topological polar surface area (TPSA) is 87.3 Å².